The second kappa shape index (κ2) is 5.40. The van der Waals surface area contributed by atoms with E-state index in [4.69, 9.17) is 0 Å². The fourth-order valence-corrected chi connectivity index (χ4v) is 6.42. The van der Waals surface area contributed by atoms with Gasteiger partial charge in [0.15, 0.2) is 0 Å². The third-order valence-corrected chi connectivity index (χ3v) is 7.99. The van der Waals surface area contributed by atoms with Crippen LogP contribution in [0.4, 0.5) is 0 Å². The van der Waals surface area contributed by atoms with Gasteiger partial charge in [0.2, 0.25) is 0 Å². The molecule has 3 rings (SSSR count). The predicted molar refractivity (Wildman–Crippen MR) is 85.6 cm³/mol. The molecule has 0 amide bonds. The first kappa shape index (κ1) is 15.0. The average Bonchev–Trinajstić information content (AvgIpc) is 2.98. The van der Waals surface area contributed by atoms with Crippen molar-refractivity contribution in [2.45, 2.75) is 43.1 Å². The fourth-order valence-electron chi connectivity index (χ4n) is 4.37. The van der Waals surface area contributed by atoms with Gasteiger partial charge in [-0.1, -0.05) is 31.5 Å². The molecule has 1 N–H and O–H groups in total. The van der Waals surface area contributed by atoms with Crippen LogP contribution in [-0.4, -0.2) is 27.7 Å². The van der Waals surface area contributed by atoms with E-state index in [-0.39, 0.29) is 5.75 Å². The summed E-state index contributed by atoms with van der Waals surface area (Å²) >= 11 is 0. The summed E-state index contributed by atoms with van der Waals surface area (Å²) < 4.78 is 17.4. The third kappa shape index (κ3) is 2.76. The Morgan fingerprint density at radius 1 is 1.29 bits per heavy atom. The van der Waals surface area contributed by atoms with E-state index in [2.05, 4.69) is 11.3 Å². The zero-order chi connectivity index (χ0) is 15.1. The number of hydrogen-bond acceptors (Lipinski definition) is 3. The van der Waals surface area contributed by atoms with Gasteiger partial charge in [-0.3, -0.25) is 0 Å². The molecular weight excluding hydrogens is 282 g/mol. The summed E-state index contributed by atoms with van der Waals surface area (Å²) in [5.74, 6) is 2.18. The van der Waals surface area contributed by atoms with Gasteiger partial charge in [-0.05, 0) is 49.1 Å². The van der Waals surface area contributed by atoms with Crippen LogP contribution in [0.25, 0.3) is 0 Å². The van der Waals surface area contributed by atoms with Gasteiger partial charge in [0.25, 0.3) is 0 Å². The highest BCUT2D eigenvalue weighted by atomic mass is 32.2. The number of aliphatic hydroxyl groups is 1. The SMILES string of the molecule is CN=S(=O)(C[C@@]1(O)C[C@H]2CC[C@H](C)[C@H]2C1)c1ccccc1. The van der Waals surface area contributed by atoms with Gasteiger partial charge in [0.05, 0.1) is 21.1 Å². The van der Waals surface area contributed by atoms with Gasteiger partial charge in [0.1, 0.15) is 0 Å². The van der Waals surface area contributed by atoms with Crippen molar-refractivity contribution >= 4 is 9.73 Å². The Hall–Kier alpha value is -0.870. The van der Waals surface area contributed by atoms with E-state index in [0.717, 1.165) is 17.7 Å². The molecule has 116 valence electrons. The molecule has 2 aliphatic rings. The molecule has 0 spiro atoms. The molecule has 5 atom stereocenters. The summed E-state index contributed by atoms with van der Waals surface area (Å²) in [6, 6.07) is 9.40. The summed E-state index contributed by atoms with van der Waals surface area (Å²) in [6.07, 6.45) is 4.07. The first-order chi connectivity index (χ1) is 9.96. The highest BCUT2D eigenvalue weighted by Gasteiger charge is 2.49. The molecule has 0 bridgehead atoms. The number of nitrogens with zero attached hydrogens (tertiary/aromatic N) is 1. The van der Waals surface area contributed by atoms with E-state index < -0.39 is 15.3 Å². The maximum absolute atomic E-state index is 13.2. The van der Waals surface area contributed by atoms with E-state index in [1.165, 1.54) is 12.8 Å². The summed E-state index contributed by atoms with van der Waals surface area (Å²) in [5.41, 5.74) is -0.809. The Morgan fingerprint density at radius 2 is 2.00 bits per heavy atom. The molecule has 2 aliphatic carbocycles. The predicted octanol–water partition coefficient (Wildman–Crippen LogP) is 3.33. The van der Waals surface area contributed by atoms with Crippen LogP contribution in [0.1, 0.15) is 32.6 Å². The Bertz CT molecular complexity index is 621. The molecule has 0 heterocycles. The van der Waals surface area contributed by atoms with Crippen LogP contribution < -0.4 is 0 Å². The van der Waals surface area contributed by atoms with Crippen LogP contribution in [0.5, 0.6) is 0 Å². The molecule has 2 fully saturated rings. The maximum atomic E-state index is 13.2. The number of benzene rings is 1. The number of hydrogen-bond donors (Lipinski definition) is 1. The largest absolute Gasteiger partial charge is 0.389 e. The van der Waals surface area contributed by atoms with E-state index in [0.29, 0.717) is 17.8 Å². The van der Waals surface area contributed by atoms with Crippen LogP contribution in [-0.2, 0) is 9.73 Å². The molecule has 0 aromatic heterocycles. The Kier molecular flexibility index (Phi) is 3.87. The maximum Gasteiger partial charge on any atom is 0.0780 e. The van der Waals surface area contributed by atoms with Gasteiger partial charge in [-0.2, -0.15) is 0 Å². The monoisotopic (exact) mass is 307 g/mol. The van der Waals surface area contributed by atoms with Crippen molar-refractivity contribution in [3.05, 3.63) is 30.3 Å². The normalized spacial score (nSPS) is 38.0. The average molecular weight is 307 g/mol. The summed E-state index contributed by atoms with van der Waals surface area (Å²) in [4.78, 5) is 0.742. The highest BCUT2D eigenvalue weighted by Crippen LogP contribution is 2.52. The van der Waals surface area contributed by atoms with E-state index in [1.54, 1.807) is 7.05 Å². The van der Waals surface area contributed by atoms with Crippen LogP contribution in [0.15, 0.2) is 39.6 Å². The molecule has 2 saturated carbocycles. The molecule has 3 nitrogen and oxygen atoms in total. The van der Waals surface area contributed by atoms with E-state index in [9.17, 15) is 9.32 Å². The second-order valence-corrected chi connectivity index (χ2v) is 9.30. The van der Waals surface area contributed by atoms with Crippen LogP contribution in [0.3, 0.4) is 0 Å². The van der Waals surface area contributed by atoms with Crippen molar-refractivity contribution in [1.29, 1.82) is 0 Å². The molecule has 0 saturated heterocycles. The lowest BCUT2D eigenvalue weighted by Crippen LogP contribution is -2.35. The van der Waals surface area contributed by atoms with Crippen LogP contribution >= 0.6 is 0 Å². The molecule has 21 heavy (non-hydrogen) atoms. The first-order valence-corrected chi connectivity index (χ1v) is 9.55. The molecular formula is C17H25NO2S. The van der Waals surface area contributed by atoms with Gasteiger partial charge in [-0.25, -0.2) is 8.57 Å². The van der Waals surface area contributed by atoms with Crippen molar-refractivity contribution < 1.29 is 9.32 Å². The lowest BCUT2D eigenvalue weighted by molar-refractivity contribution is 0.0600. The second-order valence-electron chi connectivity index (χ2n) is 6.89. The minimum Gasteiger partial charge on any atom is -0.389 e. The highest BCUT2D eigenvalue weighted by molar-refractivity contribution is 7.93. The quantitative estimate of drug-likeness (QED) is 0.931. The van der Waals surface area contributed by atoms with Crippen molar-refractivity contribution in [3.63, 3.8) is 0 Å². The molecule has 4 heteroatoms. The molecule has 0 aliphatic heterocycles. The number of rotatable bonds is 3. The Labute approximate surface area is 128 Å². The first-order valence-electron chi connectivity index (χ1n) is 7.86. The lowest BCUT2D eigenvalue weighted by atomic mass is 9.92. The van der Waals surface area contributed by atoms with Crippen molar-refractivity contribution in [1.82, 2.24) is 0 Å². The number of fused-ring (bicyclic) bond motifs is 1. The fraction of sp³-hybridized carbons (Fsp3) is 0.647. The zero-order valence-corrected chi connectivity index (χ0v) is 13.7. The van der Waals surface area contributed by atoms with Gasteiger partial charge < -0.3 is 5.11 Å². The lowest BCUT2D eigenvalue weighted by Gasteiger charge is -2.26. The summed E-state index contributed by atoms with van der Waals surface area (Å²) in [7, 11) is -0.913. The Balaban J connectivity index is 1.84. The van der Waals surface area contributed by atoms with Gasteiger partial charge in [-0.15, -0.1) is 0 Å². The summed E-state index contributed by atoms with van der Waals surface area (Å²) in [5, 5.41) is 11.0. The van der Waals surface area contributed by atoms with Crippen molar-refractivity contribution in [2.24, 2.45) is 22.1 Å². The molecule has 1 aromatic rings. The van der Waals surface area contributed by atoms with Gasteiger partial charge >= 0.3 is 0 Å². The van der Waals surface area contributed by atoms with Gasteiger partial charge in [0, 0.05) is 11.9 Å². The molecule has 0 radical (unpaired) electrons. The minimum atomic E-state index is -2.52. The van der Waals surface area contributed by atoms with E-state index in [1.807, 2.05) is 30.3 Å². The van der Waals surface area contributed by atoms with E-state index >= 15 is 0 Å². The topological polar surface area (TPSA) is 49.7 Å². The Morgan fingerprint density at radius 3 is 2.62 bits per heavy atom. The smallest absolute Gasteiger partial charge is 0.0780 e. The van der Waals surface area contributed by atoms with Crippen molar-refractivity contribution in [2.75, 3.05) is 12.8 Å². The summed E-state index contributed by atoms with van der Waals surface area (Å²) in [6.45, 7) is 2.29. The van der Waals surface area contributed by atoms with Crippen LogP contribution in [0, 0.1) is 17.8 Å². The zero-order valence-electron chi connectivity index (χ0n) is 12.9. The molecule has 1 aromatic carbocycles. The van der Waals surface area contributed by atoms with Crippen LogP contribution in [0.2, 0.25) is 0 Å². The van der Waals surface area contributed by atoms with Crippen molar-refractivity contribution in [3.8, 4) is 0 Å². The minimum absolute atomic E-state index is 0.278. The third-order valence-electron chi connectivity index (χ3n) is 5.46. The standard InChI is InChI=1S/C17H25NO2S/c1-13-8-9-14-10-17(19,11-16(13)14)12-21(20,18-2)15-6-4-3-5-7-15/h3-7,13-14,16,19H,8-12H2,1-2H3/t13-,14+,16+,17+,21?/m0/s1. The molecule has 1 unspecified atom stereocenters.